The Morgan fingerprint density at radius 2 is 2.12 bits per heavy atom. The molecule has 3 aliphatic rings. The zero-order chi connectivity index (χ0) is 16.5. The van der Waals surface area contributed by atoms with Gasteiger partial charge in [-0.2, -0.15) is 5.10 Å². The molecule has 0 radical (unpaired) electrons. The van der Waals surface area contributed by atoms with Gasteiger partial charge in [-0.05, 0) is 61.8 Å². The van der Waals surface area contributed by atoms with Crippen molar-refractivity contribution in [2.24, 2.45) is 24.8 Å². The second-order valence-corrected chi connectivity index (χ2v) is 8.24. The molecule has 24 heavy (non-hydrogen) atoms. The summed E-state index contributed by atoms with van der Waals surface area (Å²) in [4.78, 5) is 14.6. The summed E-state index contributed by atoms with van der Waals surface area (Å²) in [6.45, 7) is 1.79. The number of aromatic nitrogens is 2. The van der Waals surface area contributed by atoms with Crippen LogP contribution in [0.4, 0.5) is 4.79 Å². The van der Waals surface area contributed by atoms with E-state index in [1.54, 1.807) is 0 Å². The number of carbonyl (C=O) groups is 1. The van der Waals surface area contributed by atoms with E-state index in [1.165, 1.54) is 44.1 Å². The molecule has 4 rings (SSSR count). The van der Waals surface area contributed by atoms with Crippen LogP contribution in [0.25, 0.3) is 0 Å². The van der Waals surface area contributed by atoms with Crippen molar-refractivity contribution in [1.29, 1.82) is 0 Å². The molecule has 132 valence electrons. The smallest absolute Gasteiger partial charge is 0.317 e. The molecule has 5 nitrogen and oxygen atoms in total. The molecule has 1 N–H and O–H groups in total. The molecular formula is C19H30N4O. The van der Waals surface area contributed by atoms with Crippen molar-refractivity contribution in [2.45, 2.75) is 57.4 Å². The summed E-state index contributed by atoms with van der Waals surface area (Å²) in [6.07, 6.45) is 14.1. The van der Waals surface area contributed by atoms with Gasteiger partial charge in [-0.1, -0.05) is 12.8 Å². The van der Waals surface area contributed by atoms with Gasteiger partial charge in [0.1, 0.15) is 0 Å². The van der Waals surface area contributed by atoms with Crippen molar-refractivity contribution in [1.82, 2.24) is 20.0 Å². The van der Waals surface area contributed by atoms with Gasteiger partial charge < -0.3 is 10.2 Å². The number of nitrogens with zero attached hydrogens (tertiary/aromatic N) is 3. The first-order valence-corrected chi connectivity index (χ1v) is 9.70. The molecule has 2 heterocycles. The molecule has 2 amide bonds. The average molecular weight is 330 g/mol. The summed E-state index contributed by atoms with van der Waals surface area (Å²) in [5, 5.41) is 7.57. The van der Waals surface area contributed by atoms with E-state index in [1.807, 2.05) is 22.8 Å². The first-order valence-electron chi connectivity index (χ1n) is 9.70. The van der Waals surface area contributed by atoms with E-state index in [4.69, 9.17) is 0 Å². The maximum absolute atomic E-state index is 12.6. The van der Waals surface area contributed by atoms with Crippen LogP contribution in [-0.2, 0) is 13.5 Å². The molecule has 1 aromatic rings. The summed E-state index contributed by atoms with van der Waals surface area (Å²) in [5.74, 6) is 2.42. The molecule has 1 aliphatic heterocycles. The fraction of sp³-hybridized carbons (Fsp3) is 0.789. The summed E-state index contributed by atoms with van der Waals surface area (Å²) < 4.78 is 1.86. The van der Waals surface area contributed by atoms with Gasteiger partial charge in [0, 0.05) is 32.4 Å². The van der Waals surface area contributed by atoms with Crippen LogP contribution in [0.1, 0.15) is 50.5 Å². The van der Waals surface area contributed by atoms with E-state index in [0.29, 0.717) is 12.0 Å². The number of nitrogens with one attached hydrogen (secondary N) is 1. The number of rotatable bonds is 4. The highest BCUT2D eigenvalue weighted by atomic mass is 16.2. The lowest BCUT2D eigenvalue weighted by atomic mass is 9.83. The van der Waals surface area contributed by atoms with Gasteiger partial charge in [-0.3, -0.25) is 4.68 Å². The predicted octanol–water partition coefficient (Wildman–Crippen LogP) is 2.96. The molecule has 0 aromatic carbocycles. The molecule has 5 heteroatoms. The van der Waals surface area contributed by atoms with Crippen LogP contribution < -0.4 is 5.32 Å². The third-order valence-corrected chi connectivity index (χ3v) is 6.19. The van der Waals surface area contributed by atoms with Gasteiger partial charge in [0.15, 0.2) is 0 Å². The van der Waals surface area contributed by atoms with Gasteiger partial charge in [0.2, 0.25) is 0 Å². The Kier molecular flexibility index (Phi) is 4.51. The minimum Gasteiger partial charge on any atom is -0.335 e. The molecule has 3 atom stereocenters. The number of aryl methyl sites for hydroxylation is 1. The molecular weight excluding hydrogens is 300 g/mol. The second-order valence-electron chi connectivity index (χ2n) is 8.24. The number of hydrogen-bond donors (Lipinski definition) is 1. The van der Waals surface area contributed by atoms with E-state index in [2.05, 4.69) is 16.6 Å². The molecule has 2 aliphatic carbocycles. The first kappa shape index (κ1) is 16.0. The highest BCUT2D eigenvalue weighted by Crippen LogP contribution is 2.43. The summed E-state index contributed by atoms with van der Waals surface area (Å²) in [6, 6.07) is 0.583. The lowest BCUT2D eigenvalue weighted by Crippen LogP contribution is -2.45. The summed E-state index contributed by atoms with van der Waals surface area (Å²) in [7, 11) is 1.96. The summed E-state index contributed by atoms with van der Waals surface area (Å²) >= 11 is 0. The Morgan fingerprint density at radius 3 is 2.88 bits per heavy atom. The van der Waals surface area contributed by atoms with E-state index in [0.717, 1.165) is 37.8 Å². The first-order chi connectivity index (χ1) is 11.7. The zero-order valence-electron chi connectivity index (χ0n) is 14.8. The van der Waals surface area contributed by atoms with Gasteiger partial charge in [0.05, 0.1) is 6.20 Å². The topological polar surface area (TPSA) is 50.2 Å². The molecule has 1 aromatic heterocycles. The molecule has 0 unspecified atom stereocenters. The van der Waals surface area contributed by atoms with Crippen LogP contribution in [0, 0.1) is 17.8 Å². The molecule has 0 bridgehead atoms. The van der Waals surface area contributed by atoms with Crippen LogP contribution in [0.2, 0.25) is 0 Å². The van der Waals surface area contributed by atoms with Gasteiger partial charge in [0.25, 0.3) is 0 Å². The largest absolute Gasteiger partial charge is 0.335 e. The predicted molar refractivity (Wildman–Crippen MR) is 93.6 cm³/mol. The van der Waals surface area contributed by atoms with Crippen molar-refractivity contribution in [2.75, 3.05) is 13.1 Å². The third-order valence-electron chi connectivity index (χ3n) is 6.19. The van der Waals surface area contributed by atoms with Crippen molar-refractivity contribution in [3.63, 3.8) is 0 Å². The Morgan fingerprint density at radius 1 is 1.25 bits per heavy atom. The lowest BCUT2D eigenvalue weighted by Gasteiger charge is -2.31. The fourth-order valence-electron chi connectivity index (χ4n) is 4.71. The molecule has 1 saturated heterocycles. The van der Waals surface area contributed by atoms with Crippen LogP contribution in [0.3, 0.4) is 0 Å². The fourth-order valence-corrected chi connectivity index (χ4v) is 4.71. The zero-order valence-corrected chi connectivity index (χ0v) is 14.8. The maximum atomic E-state index is 12.6. The number of carbonyl (C=O) groups excluding carboxylic acids is 1. The Labute approximate surface area is 144 Å². The summed E-state index contributed by atoms with van der Waals surface area (Å²) in [5.41, 5.74) is 1.28. The minimum absolute atomic E-state index is 0.171. The second kappa shape index (κ2) is 6.77. The Balaban J connectivity index is 1.24. The van der Waals surface area contributed by atoms with Gasteiger partial charge in [-0.15, -0.1) is 0 Å². The van der Waals surface area contributed by atoms with Crippen LogP contribution >= 0.6 is 0 Å². The maximum Gasteiger partial charge on any atom is 0.317 e. The molecule has 0 spiro atoms. The van der Waals surface area contributed by atoms with Crippen LogP contribution in [-0.4, -0.2) is 39.8 Å². The average Bonchev–Trinajstić information content (AvgIpc) is 3.19. The van der Waals surface area contributed by atoms with Crippen molar-refractivity contribution < 1.29 is 4.79 Å². The van der Waals surface area contributed by atoms with E-state index < -0.39 is 0 Å². The van der Waals surface area contributed by atoms with Crippen molar-refractivity contribution >= 4 is 6.03 Å². The number of hydrogen-bond acceptors (Lipinski definition) is 2. The molecule has 2 saturated carbocycles. The molecule has 3 fully saturated rings. The SMILES string of the molecule is Cn1cc(C[C@@H]2CCN(C(=O)N[C@H]3CCC[C@@H](C4CC4)C3)C2)cn1. The van der Waals surface area contributed by atoms with Crippen molar-refractivity contribution in [3.8, 4) is 0 Å². The Bertz CT molecular complexity index is 580. The Hall–Kier alpha value is -1.52. The third kappa shape index (κ3) is 3.76. The monoisotopic (exact) mass is 330 g/mol. The van der Waals surface area contributed by atoms with Crippen LogP contribution in [0.15, 0.2) is 12.4 Å². The number of urea groups is 1. The quantitative estimate of drug-likeness (QED) is 0.923. The normalized spacial score (nSPS) is 30.5. The highest BCUT2D eigenvalue weighted by molar-refractivity contribution is 5.74. The van der Waals surface area contributed by atoms with E-state index in [-0.39, 0.29) is 6.03 Å². The van der Waals surface area contributed by atoms with Gasteiger partial charge in [-0.25, -0.2) is 4.79 Å². The highest BCUT2D eigenvalue weighted by Gasteiger charge is 2.36. The van der Waals surface area contributed by atoms with Crippen molar-refractivity contribution in [3.05, 3.63) is 18.0 Å². The van der Waals surface area contributed by atoms with Crippen LogP contribution in [0.5, 0.6) is 0 Å². The van der Waals surface area contributed by atoms with E-state index in [9.17, 15) is 4.79 Å². The minimum atomic E-state index is 0.171. The standard InChI is InChI=1S/C19H30N4O/c1-22-12-15(11-20-22)9-14-7-8-23(13-14)19(24)21-18-4-2-3-17(10-18)16-5-6-16/h11-12,14,16-18H,2-10,13H2,1H3,(H,21,24)/t14-,17+,18-/m0/s1. The number of amides is 2. The lowest BCUT2D eigenvalue weighted by molar-refractivity contribution is 0.191. The van der Waals surface area contributed by atoms with E-state index >= 15 is 0 Å². The van der Waals surface area contributed by atoms with Gasteiger partial charge >= 0.3 is 6.03 Å². The number of likely N-dealkylation sites (tertiary alicyclic amines) is 1.